The molecule has 2 fully saturated rings. The molecule has 1 saturated heterocycles. The van der Waals surface area contributed by atoms with Crippen LogP contribution in [0.25, 0.3) is 22.2 Å². The summed E-state index contributed by atoms with van der Waals surface area (Å²) < 4.78 is 7.58. The molecule has 1 aliphatic carbocycles. The van der Waals surface area contributed by atoms with Crippen LogP contribution in [0.15, 0.2) is 42.9 Å². The van der Waals surface area contributed by atoms with Crippen molar-refractivity contribution in [1.82, 2.24) is 19.9 Å². The van der Waals surface area contributed by atoms with E-state index in [0.29, 0.717) is 23.9 Å². The average molecular weight is 438 g/mol. The van der Waals surface area contributed by atoms with E-state index in [9.17, 15) is 15.0 Å². The summed E-state index contributed by atoms with van der Waals surface area (Å²) in [7, 11) is 0. The molecule has 1 amide bonds. The van der Waals surface area contributed by atoms with Gasteiger partial charge in [-0.3, -0.25) is 4.79 Å². The fourth-order valence-corrected chi connectivity index (χ4v) is 4.11. The molecule has 9 heteroatoms. The van der Waals surface area contributed by atoms with Gasteiger partial charge in [-0.2, -0.15) is 0 Å². The fraction of sp³-hybridized carbons (Fsp3) is 0.435. The summed E-state index contributed by atoms with van der Waals surface area (Å²) in [5, 5.41) is 27.6. The molecule has 168 valence electrons. The van der Waals surface area contributed by atoms with Gasteiger partial charge < -0.3 is 30.2 Å². The molecule has 2 aromatic heterocycles. The summed E-state index contributed by atoms with van der Waals surface area (Å²) in [5.41, 5.74) is 2.32. The highest BCUT2D eigenvalue weighted by atomic mass is 16.6. The number of amides is 1. The fourth-order valence-electron chi connectivity index (χ4n) is 4.11. The first-order chi connectivity index (χ1) is 15.5. The van der Waals surface area contributed by atoms with Crippen LogP contribution in [0.4, 0.5) is 5.82 Å². The third-order valence-corrected chi connectivity index (χ3v) is 6.15. The molecule has 9 nitrogen and oxygen atoms in total. The van der Waals surface area contributed by atoms with Gasteiger partial charge in [-0.05, 0) is 31.2 Å². The minimum Gasteiger partial charge on any atom is -0.388 e. The Morgan fingerprint density at radius 1 is 1.19 bits per heavy atom. The number of carbonyl (C=O) groups is 1. The number of nitrogens with zero attached hydrogens (tertiary/aromatic N) is 3. The average Bonchev–Trinajstić information content (AvgIpc) is 3.52. The Bertz CT molecular complexity index is 1110. The number of ether oxygens (including phenoxy) is 1. The normalized spacial score (nSPS) is 25.2. The lowest BCUT2D eigenvalue weighted by Crippen LogP contribution is -2.31. The van der Waals surface area contributed by atoms with E-state index in [2.05, 4.69) is 20.6 Å². The second kappa shape index (κ2) is 8.50. The predicted molar refractivity (Wildman–Crippen MR) is 119 cm³/mol. The summed E-state index contributed by atoms with van der Waals surface area (Å²) in [6, 6.07) is 9.76. The van der Waals surface area contributed by atoms with E-state index >= 15 is 0 Å². The van der Waals surface area contributed by atoms with Crippen molar-refractivity contribution in [1.29, 1.82) is 0 Å². The van der Waals surface area contributed by atoms with Crippen molar-refractivity contribution >= 4 is 22.8 Å². The molecule has 0 spiro atoms. The zero-order valence-electron chi connectivity index (χ0n) is 17.8. The Morgan fingerprint density at radius 2 is 1.97 bits per heavy atom. The van der Waals surface area contributed by atoms with E-state index < -0.39 is 24.5 Å². The molecule has 1 aliphatic heterocycles. The van der Waals surface area contributed by atoms with Crippen molar-refractivity contribution in [2.75, 3.05) is 18.4 Å². The van der Waals surface area contributed by atoms with E-state index in [1.165, 1.54) is 19.2 Å². The van der Waals surface area contributed by atoms with E-state index in [0.717, 1.165) is 16.5 Å². The number of hydrogen-bond donors (Lipinski definition) is 4. The Kier molecular flexibility index (Phi) is 5.54. The van der Waals surface area contributed by atoms with Crippen LogP contribution in [-0.2, 0) is 9.53 Å². The van der Waals surface area contributed by atoms with Crippen molar-refractivity contribution in [2.45, 2.75) is 44.3 Å². The van der Waals surface area contributed by atoms with Gasteiger partial charge >= 0.3 is 0 Å². The molecule has 2 aliphatic rings. The highest BCUT2D eigenvalue weighted by Crippen LogP contribution is 2.38. The smallest absolute Gasteiger partial charge is 0.239 e. The van der Waals surface area contributed by atoms with Gasteiger partial charge in [-0.1, -0.05) is 30.3 Å². The number of rotatable bonds is 7. The van der Waals surface area contributed by atoms with Crippen LogP contribution in [0.1, 0.15) is 26.0 Å². The molecular weight excluding hydrogens is 410 g/mol. The van der Waals surface area contributed by atoms with Crippen molar-refractivity contribution in [3.8, 4) is 11.1 Å². The quantitative estimate of drug-likeness (QED) is 0.444. The van der Waals surface area contributed by atoms with Crippen LogP contribution in [0, 0.1) is 5.92 Å². The number of hydrogen-bond acceptors (Lipinski definition) is 7. The maximum absolute atomic E-state index is 12.3. The van der Waals surface area contributed by atoms with Crippen LogP contribution in [0.5, 0.6) is 0 Å². The number of aliphatic hydroxyl groups excluding tert-OH is 2. The molecule has 3 heterocycles. The zero-order chi connectivity index (χ0) is 22.2. The lowest BCUT2D eigenvalue weighted by Gasteiger charge is -2.17. The maximum Gasteiger partial charge on any atom is 0.239 e. The van der Waals surface area contributed by atoms with Crippen LogP contribution in [0.2, 0.25) is 0 Å². The molecule has 1 aromatic carbocycles. The predicted octanol–water partition coefficient (Wildman–Crippen LogP) is 1.68. The largest absolute Gasteiger partial charge is 0.388 e. The highest BCUT2D eigenvalue weighted by Gasteiger charge is 2.42. The van der Waals surface area contributed by atoms with Crippen LogP contribution < -0.4 is 10.6 Å². The Hall–Kier alpha value is -3.01. The van der Waals surface area contributed by atoms with Gasteiger partial charge in [-0.25, -0.2) is 9.97 Å². The van der Waals surface area contributed by atoms with Crippen molar-refractivity contribution < 1.29 is 19.7 Å². The molecule has 1 saturated carbocycles. The second-order valence-electron chi connectivity index (χ2n) is 8.55. The summed E-state index contributed by atoms with van der Waals surface area (Å²) in [6.45, 7) is 2.53. The van der Waals surface area contributed by atoms with Gasteiger partial charge in [0.25, 0.3) is 0 Å². The zero-order valence-corrected chi connectivity index (χ0v) is 17.8. The standard InChI is InChI=1S/C23H27N5O4/c1-13-19(30)20(31)23(32-13)28-11-16(15-5-3-2-4-6-15)18-21(26-12-27-22(18)28)25-10-17(29)24-9-14-7-8-14/h2-6,11-14,19-20,23,30-31H,7-10H2,1H3,(H,24,29)(H,25,26,27)/t13-,19-,20-,23-/m1/s1. The van der Waals surface area contributed by atoms with Gasteiger partial charge in [0.2, 0.25) is 5.91 Å². The molecule has 0 unspecified atom stereocenters. The number of anilines is 1. The van der Waals surface area contributed by atoms with Crippen molar-refractivity contribution in [3.05, 3.63) is 42.9 Å². The third-order valence-electron chi connectivity index (χ3n) is 6.15. The maximum atomic E-state index is 12.3. The first-order valence-electron chi connectivity index (χ1n) is 11.0. The lowest BCUT2D eigenvalue weighted by molar-refractivity contribution is -0.119. The number of aliphatic hydroxyl groups is 2. The topological polar surface area (TPSA) is 122 Å². The third kappa shape index (κ3) is 3.94. The van der Waals surface area contributed by atoms with Gasteiger partial charge in [0.1, 0.15) is 30.0 Å². The van der Waals surface area contributed by atoms with Gasteiger partial charge in [-0.15, -0.1) is 0 Å². The van der Waals surface area contributed by atoms with E-state index in [1.54, 1.807) is 11.5 Å². The Morgan fingerprint density at radius 3 is 2.66 bits per heavy atom. The molecule has 3 aromatic rings. The number of aromatic nitrogens is 3. The molecule has 5 rings (SSSR count). The van der Waals surface area contributed by atoms with Crippen LogP contribution in [0.3, 0.4) is 0 Å². The Labute approximate surface area is 185 Å². The number of fused-ring (bicyclic) bond motifs is 1. The number of carbonyl (C=O) groups excluding carboxylic acids is 1. The SMILES string of the molecule is C[C@H]1O[C@@H](n2cc(-c3ccccc3)c3c(NCC(=O)NCC4CC4)ncnc32)[C@H](O)[C@@H]1O. The first kappa shape index (κ1) is 20.9. The number of nitrogens with one attached hydrogen (secondary N) is 2. The summed E-state index contributed by atoms with van der Waals surface area (Å²) in [4.78, 5) is 21.1. The molecular formula is C23H27N5O4. The van der Waals surface area contributed by atoms with E-state index in [-0.39, 0.29) is 12.5 Å². The van der Waals surface area contributed by atoms with Crippen molar-refractivity contribution in [2.24, 2.45) is 5.92 Å². The highest BCUT2D eigenvalue weighted by molar-refractivity contribution is 6.02. The Balaban J connectivity index is 1.52. The summed E-state index contributed by atoms with van der Waals surface area (Å²) in [6.07, 6.45) is 2.24. The van der Waals surface area contributed by atoms with Gasteiger partial charge in [0, 0.05) is 18.3 Å². The van der Waals surface area contributed by atoms with Crippen LogP contribution in [-0.4, -0.2) is 62.1 Å². The lowest BCUT2D eigenvalue weighted by atomic mass is 10.1. The second-order valence-corrected chi connectivity index (χ2v) is 8.55. The summed E-state index contributed by atoms with van der Waals surface area (Å²) in [5.74, 6) is 1.05. The van der Waals surface area contributed by atoms with E-state index in [4.69, 9.17) is 4.74 Å². The monoisotopic (exact) mass is 437 g/mol. The minimum absolute atomic E-state index is 0.0872. The molecule has 0 bridgehead atoms. The minimum atomic E-state index is -1.09. The molecule has 4 atom stereocenters. The number of benzene rings is 1. The van der Waals surface area contributed by atoms with Gasteiger partial charge in [0.05, 0.1) is 18.0 Å². The van der Waals surface area contributed by atoms with Crippen LogP contribution >= 0.6 is 0 Å². The summed E-state index contributed by atoms with van der Waals surface area (Å²) >= 11 is 0. The molecule has 32 heavy (non-hydrogen) atoms. The van der Waals surface area contributed by atoms with Crippen molar-refractivity contribution in [3.63, 3.8) is 0 Å². The van der Waals surface area contributed by atoms with E-state index in [1.807, 2.05) is 36.5 Å². The van der Waals surface area contributed by atoms with Gasteiger partial charge in [0.15, 0.2) is 6.23 Å². The first-order valence-corrected chi connectivity index (χ1v) is 11.0. The molecule has 0 radical (unpaired) electrons. The molecule has 4 N–H and O–H groups in total.